The molecule has 0 spiro atoms. The summed E-state index contributed by atoms with van der Waals surface area (Å²) in [7, 11) is 1.60. The van der Waals surface area contributed by atoms with Crippen molar-refractivity contribution in [2.24, 2.45) is 0 Å². The van der Waals surface area contributed by atoms with Crippen molar-refractivity contribution in [1.29, 1.82) is 0 Å². The van der Waals surface area contributed by atoms with Crippen LogP contribution in [0.25, 0.3) is 22.6 Å². The molecule has 0 radical (unpaired) electrons. The number of hydrogen-bond donors (Lipinski definition) is 1. The molecule has 1 N–H and O–H groups in total. The van der Waals surface area contributed by atoms with Gasteiger partial charge in [-0.15, -0.1) is 0 Å². The van der Waals surface area contributed by atoms with Gasteiger partial charge in [0.05, 0.1) is 16.9 Å². The van der Waals surface area contributed by atoms with Crippen molar-refractivity contribution < 1.29 is 18.7 Å². The van der Waals surface area contributed by atoms with E-state index in [0.717, 1.165) is 5.69 Å². The molecule has 182 valence electrons. The molecular formula is C25H26FN5O4. The number of nitrogens with zero attached hydrogens (tertiary/aromatic N) is 4. The van der Waals surface area contributed by atoms with Crippen LogP contribution in [0, 0.1) is 19.7 Å². The summed E-state index contributed by atoms with van der Waals surface area (Å²) in [6.07, 6.45) is 2.29. The van der Waals surface area contributed by atoms with Gasteiger partial charge < -0.3 is 14.8 Å². The Morgan fingerprint density at radius 2 is 1.94 bits per heavy atom. The SMILES string of the molecule is COCCCNC(=O)COc1cccn2c(=O)c(-c3cc(C)n(-c4ccc(F)cc4)n3)c(C)nc12. The number of carbonyl (C=O) groups excluding carboxylic acids is 1. The number of ether oxygens (including phenoxy) is 2. The number of benzene rings is 1. The maximum atomic E-state index is 13.4. The van der Waals surface area contributed by atoms with Crippen LogP contribution in [-0.2, 0) is 9.53 Å². The smallest absolute Gasteiger partial charge is 0.267 e. The molecule has 0 saturated carbocycles. The third-order valence-electron chi connectivity index (χ3n) is 5.42. The monoisotopic (exact) mass is 479 g/mol. The van der Waals surface area contributed by atoms with Gasteiger partial charge in [-0.1, -0.05) is 0 Å². The molecule has 1 aromatic carbocycles. The van der Waals surface area contributed by atoms with Gasteiger partial charge in [-0.2, -0.15) is 5.10 Å². The third kappa shape index (κ3) is 5.22. The molecule has 0 unspecified atom stereocenters. The molecule has 4 rings (SSSR count). The van der Waals surface area contributed by atoms with Crippen molar-refractivity contribution in [3.63, 3.8) is 0 Å². The number of carbonyl (C=O) groups is 1. The lowest BCUT2D eigenvalue weighted by Gasteiger charge is -2.11. The zero-order valence-electron chi connectivity index (χ0n) is 19.7. The lowest BCUT2D eigenvalue weighted by Crippen LogP contribution is -2.30. The highest BCUT2D eigenvalue weighted by Crippen LogP contribution is 2.24. The van der Waals surface area contributed by atoms with Crippen LogP contribution < -0.4 is 15.6 Å². The van der Waals surface area contributed by atoms with Gasteiger partial charge in [0.2, 0.25) is 0 Å². The van der Waals surface area contributed by atoms with Crippen molar-refractivity contribution in [3.05, 3.63) is 76.2 Å². The zero-order chi connectivity index (χ0) is 24.9. The average molecular weight is 480 g/mol. The van der Waals surface area contributed by atoms with Crippen LogP contribution in [0.4, 0.5) is 4.39 Å². The molecule has 0 fully saturated rings. The van der Waals surface area contributed by atoms with Crippen molar-refractivity contribution in [3.8, 4) is 22.7 Å². The number of rotatable bonds is 9. The van der Waals surface area contributed by atoms with Gasteiger partial charge in [-0.25, -0.2) is 14.1 Å². The lowest BCUT2D eigenvalue weighted by molar-refractivity contribution is -0.123. The average Bonchev–Trinajstić information content (AvgIpc) is 3.22. The minimum absolute atomic E-state index is 0.204. The summed E-state index contributed by atoms with van der Waals surface area (Å²) in [4.78, 5) is 30.1. The van der Waals surface area contributed by atoms with Crippen LogP contribution in [0.5, 0.6) is 5.75 Å². The molecule has 3 heterocycles. The summed E-state index contributed by atoms with van der Waals surface area (Å²) in [6.45, 7) is 4.41. The molecule has 35 heavy (non-hydrogen) atoms. The molecular weight excluding hydrogens is 453 g/mol. The van der Waals surface area contributed by atoms with Crippen LogP contribution in [0.3, 0.4) is 0 Å². The number of pyridine rings is 1. The van der Waals surface area contributed by atoms with E-state index in [1.54, 1.807) is 55.2 Å². The molecule has 0 saturated heterocycles. The Hall–Kier alpha value is -4.05. The van der Waals surface area contributed by atoms with E-state index in [2.05, 4.69) is 15.4 Å². The third-order valence-corrected chi connectivity index (χ3v) is 5.42. The Morgan fingerprint density at radius 1 is 1.17 bits per heavy atom. The number of methoxy groups -OCH3 is 1. The number of hydrogen-bond acceptors (Lipinski definition) is 6. The number of aromatic nitrogens is 4. The fourth-order valence-corrected chi connectivity index (χ4v) is 3.73. The van der Waals surface area contributed by atoms with Crippen LogP contribution in [0.15, 0.2) is 53.5 Å². The quantitative estimate of drug-likeness (QED) is 0.371. The first kappa shape index (κ1) is 24.1. The summed E-state index contributed by atoms with van der Waals surface area (Å²) >= 11 is 0. The molecule has 10 heteroatoms. The second kappa shape index (κ2) is 10.5. The fraction of sp³-hybridized carbons (Fsp3) is 0.280. The molecule has 0 aliphatic heterocycles. The Balaban J connectivity index is 1.63. The number of aryl methyl sites for hydroxylation is 2. The number of halogens is 1. The molecule has 1 amide bonds. The van der Waals surface area contributed by atoms with E-state index in [4.69, 9.17) is 9.47 Å². The van der Waals surface area contributed by atoms with Crippen LogP contribution in [0.2, 0.25) is 0 Å². The first-order valence-corrected chi connectivity index (χ1v) is 11.1. The Morgan fingerprint density at radius 3 is 2.69 bits per heavy atom. The second-order valence-corrected chi connectivity index (χ2v) is 7.99. The molecule has 3 aromatic heterocycles. The van der Waals surface area contributed by atoms with Gasteiger partial charge in [-0.05, 0) is 62.7 Å². The van der Waals surface area contributed by atoms with Gasteiger partial charge in [0.25, 0.3) is 11.5 Å². The van der Waals surface area contributed by atoms with Crippen LogP contribution in [-0.4, -0.2) is 51.9 Å². The van der Waals surface area contributed by atoms with E-state index in [1.165, 1.54) is 16.5 Å². The number of fused-ring (bicyclic) bond motifs is 1. The Bertz CT molecular complexity index is 1410. The number of nitrogens with one attached hydrogen (secondary N) is 1. The molecule has 0 bridgehead atoms. The van der Waals surface area contributed by atoms with Crippen molar-refractivity contribution >= 4 is 11.6 Å². The minimum atomic E-state index is -0.340. The second-order valence-electron chi connectivity index (χ2n) is 7.99. The summed E-state index contributed by atoms with van der Waals surface area (Å²) < 4.78 is 27.0. The van der Waals surface area contributed by atoms with Gasteiger partial charge in [0.15, 0.2) is 18.0 Å². The highest BCUT2D eigenvalue weighted by Gasteiger charge is 2.18. The summed E-state index contributed by atoms with van der Waals surface area (Å²) in [5, 5.41) is 7.33. The maximum Gasteiger partial charge on any atom is 0.267 e. The normalized spacial score (nSPS) is 11.1. The predicted molar refractivity (Wildman–Crippen MR) is 128 cm³/mol. The van der Waals surface area contributed by atoms with E-state index < -0.39 is 0 Å². The molecule has 4 aromatic rings. The van der Waals surface area contributed by atoms with Gasteiger partial charge in [0, 0.05) is 32.2 Å². The van der Waals surface area contributed by atoms with Crippen molar-refractivity contribution in [2.45, 2.75) is 20.3 Å². The van der Waals surface area contributed by atoms with Crippen LogP contribution >= 0.6 is 0 Å². The molecule has 0 aliphatic rings. The van der Waals surface area contributed by atoms with Gasteiger partial charge >= 0.3 is 0 Å². The summed E-state index contributed by atoms with van der Waals surface area (Å²) in [6, 6.07) is 11.1. The summed E-state index contributed by atoms with van der Waals surface area (Å²) in [5.74, 6) is -0.298. The highest BCUT2D eigenvalue weighted by atomic mass is 19.1. The van der Waals surface area contributed by atoms with E-state index in [9.17, 15) is 14.0 Å². The zero-order valence-corrected chi connectivity index (χ0v) is 19.7. The molecule has 0 aliphatic carbocycles. The van der Waals surface area contributed by atoms with E-state index in [-0.39, 0.29) is 23.9 Å². The number of amides is 1. The first-order valence-electron chi connectivity index (χ1n) is 11.1. The molecule has 9 nitrogen and oxygen atoms in total. The lowest BCUT2D eigenvalue weighted by atomic mass is 10.1. The van der Waals surface area contributed by atoms with Crippen LogP contribution in [0.1, 0.15) is 17.8 Å². The standard InChI is InChI=1S/C25H26FN5O4/c1-16-14-20(29-31(16)19-9-7-18(26)8-10-19)23-17(2)28-24-21(6-4-12-30(24)25(23)33)35-15-22(32)27-11-5-13-34-3/h4,6-10,12,14H,5,11,13,15H2,1-3H3,(H,27,32). The van der Waals surface area contributed by atoms with Gasteiger partial charge in [0.1, 0.15) is 11.5 Å². The molecule has 0 atom stereocenters. The van der Waals surface area contributed by atoms with E-state index >= 15 is 0 Å². The Labute approximate surface area is 201 Å². The van der Waals surface area contributed by atoms with Gasteiger partial charge in [-0.3, -0.25) is 14.0 Å². The largest absolute Gasteiger partial charge is 0.480 e. The Kier molecular flexibility index (Phi) is 7.21. The van der Waals surface area contributed by atoms with E-state index in [1.807, 2.05) is 6.92 Å². The maximum absolute atomic E-state index is 13.4. The fourth-order valence-electron chi connectivity index (χ4n) is 3.73. The first-order chi connectivity index (χ1) is 16.9. The minimum Gasteiger partial charge on any atom is -0.480 e. The predicted octanol–water partition coefficient (Wildman–Crippen LogP) is 2.83. The summed E-state index contributed by atoms with van der Waals surface area (Å²) in [5.41, 5.74) is 2.73. The van der Waals surface area contributed by atoms with Crippen molar-refractivity contribution in [1.82, 2.24) is 24.5 Å². The topological polar surface area (TPSA) is 99.8 Å². The highest BCUT2D eigenvalue weighted by molar-refractivity contribution is 5.77. The van der Waals surface area contributed by atoms with E-state index in [0.29, 0.717) is 53.6 Å². The van der Waals surface area contributed by atoms with Crippen molar-refractivity contribution in [2.75, 3.05) is 26.9 Å².